The van der Waals surface area contributed by atoms with Gasteiger partial charge in [-0.15, -0.1) is 0 Å². The normalized spacial score (nSPS) is 17.6. The van der Waals surface area contributed by atoms with Crippen molar-refractivity contribution in [2.75, 3.05) is 37.6 Å². The van der Waals surface area contributed by atoms with Gasteiger partial charge in [0.1, 0.15) is 5.82 Å². The average Bonchev–Trinajstić information content (AvgIpc) is 2.74. The summed E-state index contributed by atoms with van der Waals surface area (Å²) < 4.78 is 13.1. The maximum atomic E-state index is 13.1. The Bertz CT molecular complexity index is 919. The number of anilines is 1. The zero-order valence-electron chi connectivity index (χ0n) is 16.3. The molecule has 28 heavy (non-hydrogen) atoms. The van der Waals surface area contributed by atoms with Gasteiger partial charge in [0.2, 0.25) is 0 Å². The fraction of sp³-hybridized carbons (Fsp3) is 0.333. The molecule has 1 aliphatic heterocycles. The second-order valence-corrected chi connectivity index (χ2v) is 7.79. The van der Waals surface area contributed by atoms with Crippen LogP contribution in [-0.4, -0.2) is 42.7 Å². The summed E-state index contributed by atoms with van der Waals surface area (Å²) >= 11 is 0. The molecule has 146 valence electrons. The topological polar surface area (TPSA) is 26.7 Å². The Labute approximate surface area is 166 Å². The van der Waals surface area contributed by atoms with Crippen molar-refractivity contribution in [1.29, 1.82) is 0 Å². The third-order valence-electron chi connectivity index (χ3n) is 5.76. The van der Waals surface area contributed by atoms with Gasteiger partial charge in [-0.2, -0.15) is 0 Å². The molecule has 0 radical (unpaired) electrons. The number of halogens is 1. The van der Waals surface area contributed by atoms with Crippen LogP contribution in [0.2, 0.25) is 0 Å². The van der Waals surface area contributed by atoms with Crippen molar-refractivity contribution in [2.45, 2.75) is 13.0 Å². The summed E-state index contributed by atoms with van der Waals surface area (Å²) in [5, 5.41) is 13.2. The fourth-order valence-corrected chi connectivity index (χ4v) is 4.07. The molecule has 1 fully saturated rings. The van der Waals surface area contributed by atoms with E-state index in [-0.39, 0.29) is 11.7 Å². The number of aliphatic hydroxyl groups is 1. The van der Waals surface area contributed by atoms with E-state index in [9.17, 15) is 9.50 Å². The van der Waals surface area contributed by atoms with Crippen LogP contribution in [0, 0.1) is 11.7 Å². The van der Waals surface area contributed by atoms with Gasteiger partial charge in [0.05, 0.1) is 6.10 Å². The molecule has 3 nitrogen and oxygen atoms in total. The van der Waals surface area contributed by atoms with Crippen LogP contribution in [0.25, 0.3) is 10.8 Å². The monoisotopic (exact) mass is 378 g/mol. The minimum atomic E-state index is -0.472. The Kier molecular flexibility index (Phi) is 5.60. The molecule has 4 heteroatoms. The van der Waals surface area contributed by atoms with Gasteiger partial charge in [-0.3, -0.25) is 4.90 Å². The largest absolute Gasteiger partial charge is 0.388 e. The summed E-state index contributed by atoms with van der Waals surface area (Å²) in [6.45, 7) is 6.73. The molecule has 0 aliphatic carbocycles. The Morgan fingerprint density at radius 2 is 1.57 bits per heavy atom. The highest BCUT2D eigenvalue weighted by molar-refractivity contribution is 5.83. The molecule has 1 saturated heterocycles. The van der Waals surface area contributed by atoms with Gasteiger partial charge in [0.15, 0.2) is 0 Å². The van der Waals surface area contributed by atoms with Crippen molar-refractivity contribution >= 4 is 16.5 Å². The smallest absolute Gasteiger partial charge is 0.123 e. The number of benzene rings is 3. The highest BCUT2D eigenvalue weighted by Gasteiger charge is 2.23. The molecule has 1 N–H and O–H groups in total. The summed E-state index contributed by atoms with van der Waals surface area (Å²) in [6.07, 6.45) is -0.472. The minimum Gasteiger partial charge on any atom is -0.388 e. The number of aliphatic hydroxyl groups excluding tert-OH is 1. The van der Waals surface area contributed by atoms with E-state index in [0.29, 0.717) is 0 Å². The SMILES string of the molecule is CC(CN1CCN(c2ccc(F)cc2)CC1)C(O)c1ccc2ccccc2c1. The summed E-state index contributed by atoms with van der Waals surface area (Å²) in [5.41, 5.74) is 2.06. The van der Waals surface area contributed by atoms with Gasteiger partial charge < -0.3 is 10.0 Å². The van der Waals surface area contributed by atoms with Gasteiger partial charge in [0, 0.05) is 38.4 Å². The van der Waals surface area contributed by atoms with Crippen LogP contribution < -0.4 is 4.90 Å². The molecule has 0 bridgehead atoms. The Hall–Kier alpha value is -2.43. The lowest BCUT2D eigenvalue weighted by molar-refractivity contribution is 0.0864. The zero-order chi connectivity index (χ0) is 19.5. The van der Waals surface area contributed by atoms with Crippen molar-refractivity contribution in [3.05, 3.63) is 78.1 Å². The lowest BCUT2D eigenvalue weighted by Gasteiger charge is -2.37. The Morgan fingerprint density at radius 3 is 2.29 bits per heavy atom. The molecule has 3 aromatic rings. The molecular weight excluding hydrogens is 351 g/mol. The number of hydrogen-bond acceptors (Lipinski definition) is 3. The molecule has 0 saturated carbocycles. The van der Waals surface area contributed by atoms with Crippen LogP contribution in [0.15, 0.2) is 66.7 Å². The van der Waals surface area contributed by atoms with E-state index in [1.54, 1.807) is 0 Å². The van der Waals surface area contributed by atoms with Crippen LogP contribution >= 0.6 is 0 Å². The molecule has 0 amide bonds. The first-order chi connectivity index (χ1) is 13.6. The number of nitrogens with zero attached hydrogens (tertiary/aromatic N) is 2. The van der Waals surface area contributed by atoms with Gasteiger partial charge in [-0.05, 0) is 52.6 Å². The zero-order valence-corrected chi connectivity index (χ0v) is 16.3. The highest BCUT2D eigenvalue weighted by atomic mass is 19.1. The van der Waals surface area contributed by atoms with Crippen molar-refractivity contribution in [3.8, 4) is 0 Å². The molecule has 0 spiro atoms. The number of rotatable bonds is 5. The Balaban J connectivity index is 1.34. The van der Waals surface area contributed by atoms with Crippen molar-refractivity contribution < 1.29 is 9.50 Å². The molecule has 0 aromatic heterocycles. The molecule has 1 heterocycles. The number of piperazine rings is 1. The van der Waals surface area contributed by atoms with Crippen molar-refractivity contribution in [2.24, 2.45) is 5.92 Å². The second-order valence-electron chi connectivity index (χ2n) is 7.79. The van der Waals surface area contributed by atoms with Gasteiger partial charge >= 0.3 is 0 Å². The fourth-order valence-electron chi connectivity index (χ4n) is 4.07. The molecule has 2 unspecified atom stereocenters. The maximum Gasteiger partial charge on any atom is 0.123 e. The van der Waals surface area contributed by atoms with Gasteiger partial charge in [0.25, 0.3) is 0 Å². The van der Waals surface area contributed by atoms with E-state index in [0.717, 1.165) is 44.0 Å². The lowest BCUT2D eigenvalue weighted by atomic mass is 9.94. The lowest BCUT2D eigenvalue weighted by Crippen LogP contribution is -2.48. The summed E-state index contributed by atoms with van der Waals surface area (Å²) in [6, 6.07) is 21.2. The van der Waals surface area contributed by atoms with Gasteiger partial charge in [-0.25, -0.2) is 4.39 Å². The van der Waals surface area contributed by atoms with Crippen LogP contribution in [0.3, 0.4) is 0 Å². The third-order valence-corrected chi connectivity index (χ3v) is 5.76. The van der Waals surface area contributed by atoms with Crippen LogP contribution in [-0.2, 0) is 0 Å². The van der Waals surface area contributed by atoms with Crippen LogP contribution in [0.5, 0.6) is 0 Å². The molecule has 4 rings (SSSR count). The molecule has 2 atom stereocenters. The van der Waals surface area contributed by atoms with Crippen molar-refractivity contribution in [3.63, 3.8) is 0 Å². The third kappa shape index (κ3) is 4.18. The average molecular weight is 378 g/mol. The second kappa shape index (κ2) is 8.29. The van der Waals surface area contributed by atoms with E-state index in [1.807, 2.05) is 30.3 Å². The molecule has 3 aromatic carbocycles. The first kappa shape index (κ1) is 18.9. The van der Waals surface area contributed by atoms with E-state index < -0.39 is 6.10 Å². The van der Waals surface area contributed by atoms with E-state index >= 15 is 0 Å². The van der Waals surface area contributed by atoms with Crippen molar-refractivity contribution in [1.82, 2.24) is 4.90 Å². The first-order valence-corrected chi connectivity index (χ1v) is 10.00. The molecule has 1 aliphatic rings. The van der Waals surface area contributed by atoms with E-state index in [1.165, 1.54) is 22.9 Å². The number of fused-ring (bicyclic) bond motifs is 1. The predicted molar refractivity (Wildman–Crippen MR) is 113 cm³/mol. The van der Waals surface area contributed by atoms with E-state index in [4.69, 9.17) is 0 Å². The number of hydrogen-bond donors (Lipinski definition) is 1. The molecular formula is C24H27FN2O. The van der Waals surface area contributed by atoms with Gasteiger partial charge in [-0.1, -0.05) is 43.3 Å². The standard InChI is InChI=1S/C24H27FN2O/c1-18(24(28)21-7-6-19-4-2-3-5-20(19)16-21)17-26-12-14-27(15-13-26)23-10-8-22(25)9-11-23/h2-11,16,18,24,28H,12-15,17H2,1H3. The summed E-state index contributed by atoms with van der Waals surface area (Å²) in [5.74, 6) is -0.0441. The minimum absolute atomic E-state index is 0.151. The first-order valence-electron chi connectivity index (χ1n) is 10.00. The Morgan fingerprint density at radius 1 is 0.893 bits per heavy atom. The summed E-state index contributed by atoms with van der Waals surface area (Å²) in [4.78, 5) is 4.70. The predicted octanol–water partition coefficient (Wildman–Crippen LogP) is 4.47. The quantitative estimate of drug-likeness (QED) is 0.710. The maximum absolute atomic E-state index is 13.1. The van der Waals surface area contributed by atoms with Crippen LogP contribution in [0.1, 0.15) is 18.6 Å². The van der Waals surface area contributed by atoms with Crippen LogP contribution in [0.4, 0.5) is 10.1 Å². The summed E-state index contributed by atoms with van der Waals surface area (Å²) in [7, 11) is 0. The highest BCUT2D eigenvalue weighted by Crippen LogP contribution is 2.27. The van der Waals surface area contributed by atoms with E-state index in [2.05, 4.69) is 41.0 Å².